The van der Waals surface area contributed by atoms with Gasteiger partial charge in [0.25, 0.3) is 0 Å². The molecule has 1 heterocycles. The highest BCUT2D eigenvalue weighted by atomic mass is 35.5. The van der Waals surface area contributed by atoms with E-state index in [1.165, 1.54) is 25.3 Å². The van der Waals surface area contributed by atoms with E-state index in [4.69, 9.17) is 14.9 Å². The molecular weight excluding hydrogens is 501 g/mol. The Balaban J connectivity index is 0.00000363. The molecule has 0 aliphatic carbocycles. The number of nitrogens with two attached hydrogens (primary N) is 1. The molecule has 0 atom stereocenters. The predicted octanol–water partition coefficient (Wildman–Crippen LogP) is 4.25. The van der Waals surface area contributed by atoms with Gasteiger partial charge in [0.2, 0.25) is 5.75 Å². The van der Waals surface area contributed by atoms with Crippen molar-refractivity contribution in [2.24, 2.45) is 5.73 Å². The second-order valence-electron chi connectivity index (χ2n) is 7.44. The van der Waals surface area contributed by atoms with Gasteiger partial charge in [-0.15, -0.1) is 37.2 Å². The Morgan fingerprint density at radius 3 is 2.29 bits per heavy atom. The van der Waals surface area contributed by atoms with E-state index < -0.39 is 0 Å². The maximum Gasteiger partial charge on any atom is 0.204 e. The van der Waals surface area contributed by atoms with E-state index in [-0.39, 0.29) is 59.7 Å². The number of unbranched alkanes of at least 4 members (excludes halogenated alkanes) is 1. The lowest BCUT2D eigenvalue weighted by atomic mass is 10.1. The fourth-order valence-corrected chi connectivity index (χ4v) is 3.40. The lowest BCUT2D eigenvalue weighted by Gasteiger charge is -2.09. The number of methoxy groups -OCH3 is 1. The molecule has 0 spiro atoms. The Labute approximate surface area is 218 Å². The minimum atomic E-state index is -0.183. The van der Waals surface area contributed by atoms with Crippen molar-refractivity contribution in [3.63, 3.8) is 0 Å². The van der Waals surface area contributed by atoms with E-state index in [1.807, 2.05) is 24.3 Å². The number of benzene rings is 2. The fourth-order valence-electron chi connectivity index (χ4n) is 3.40. The van der Waals surface area contributed by atoms with Crippen LogP contribution in [0.3, 0.4) is 0 Å². The van der Waals surface area contributed by atoms with Crippen LogP contribution in [0.15, 0.2) is 51.7 Å². The molecule has 0 fully saturated rings. The highest BCUT2D eigenvalue weighted by Crippen LogP contribution is 2.35. The minimum Gasteiger partial charge on any atom is -0.504 e. The number of nitrogens with one attached hydrogen (secondary N) is 2. The average molecular weight is 535 g/mol. The zero-order chi connectivity index (χ0) is 22.1. The van der Waals surface area contributed by atoms with E-state index >= 15 is 0 Å². The van der Waals surface area contributed by atoms with Gasteiger partial charge in [-0.25, -0.2) is 0 Å². The first kappa shape index (κ1) is 32.0. The zero-order valence-corrected chi connectivity index (χ0v) is 21.6. The molecule has 10 heteroatoms. The van der Waals surface area contributed by atoms with Crippen LogP contribution in [-0.4, -0.2) is 38.4 Å². The van der Waals surface area contributed by atoms with Crippen molar-refractivity contribution in [3.8, 4) is 22.8 Å². The number of aromatic hydroxyl groups is 1. The fraction of sp³-hybridized carbons (Fsp3) is 0.375. The Morgan fingerprint density at radius 2 is 1.62 bits per heavy atom. The molecule has 0 saturated heterocycles. The molecule has 0 unspecified atom stereocenters. The van der Waals surface area contributed by atoms with Gasteiger partial charge in [0.1, 0.15) is 5.76 Å². The first-order valence-corrected chi connectivity index (χ1v) is 10.7. The third-order valence-corrected chi connectivity index (χ3v) is 5.12. The molecule has 190 valence electrons. The SMILES string of the molecule is COc1c(O)ccc2c(=O)cc(-c3ccc(CNCCCNCCCCN)cc3)oc12.Cl.Cl.Cl. The maximum absolute atomic E-state index is 12.5. The van der Waals surface area contributed by atoms with Crippen LogP contribution in [0.2, 0.25) is 0 Å². The van der Waals surface area contributed by atoms with Crippen LogP contribution in [0.4, 0.5) is 0 Å². The number of halogens is 3. The van der Waals surface area contributed by atoms with Gasteiger partial charge in [-0.05, 0) is 63.1 Å². The summed E-state index contributed by atoms with van der Waals surface area (Å²) < 4.78 is 11.1. The van der Waals surface area contributed by atoms with Gasteiger partial charge in [-0.2, -0.15) is 0 Å². The van der Waals surface area contributed by atoms with Crippen molar-refractivity contribution in [2.75, 3.05) is 33.3 Å². The summed E-state index contributed by atoms with van der Waals surface area (Å²) in [7, 11) is 1.43. The second kappa shape index (κ2) is 16.6. The highest BCUT2D eigenvalue weighted by molar-refractivity contribution is 5.86. The summed E-state index contributed by atoms with van der Waals surface area (Å²) in [6.07, 6.45) is 3.26. The molecule has 34 heavy (non-hydrogen) atoms. The van der Waals surface area contributed by atoms with Crippen molar-refractivity contribution in [1.82, 2.24) is 10.6 Å². The van der Waals surface area contributed by atoms with E-state index in [9.17, 15) is 9.90 Å². The van der Waals surface area contributed by atoms with E-state index in [2.05, 4.69) is 10.6 Å². The largest absolute Gasteiger partial charge is 0.504 e. The summed E-state index contributed by atoms with van der Waals surface area (Å²) in [6.45, 7) is 4.49. The highest BCUT2D eigenvalue weighted by Gasteiger charge is 2.14. The van der Waals surface area contributed by atoms with E-state index in [1.54, 1.807) is 0 Å². The van der Waals surface area contributed by atoms with Crippen molar-refractivity contribution in [1.29, 1.82) is 0 Å². The Hall–Kier alpha value is -2.00. The smallest absolute Gasteiger partial charge is 0.204 e. The first-order valence-electron chi connectivity index (χ1n) is 10.7. The van der Waals surface area contributed by atoms with Crippen molar-refractivity contribution < 1.29 is 14.3 Å². The number of rotatable bonds is 12. The molecule has 0 aliphatic heterocycles. The quantitative estimate of drug-likeness (QED) is 0.257. The van der Waals surface area contributed by atoms with Gasteiger partial charge in [0.15, 0.2) is 16.8 Å². The van der Waals surface area contributed by atoms with Gasteiger partial charge >= 0.3 is 0 Å². The third kappa shape index (κ3) is 8.65. The van der Waals surface area contributed by atoms with E-state index in [0.29, 0.717) is 11.1 Å². The van der Waals surface area contributed by atoms with Gasteiger partial charge in [-0.3, -0.25) is 4.79 Å². The Kier molecular flexibility index (Phi) is 15.6. The number of hydrogen-bond donors (Lipinski definition) is 4. The molecule has 0 amide bonds. The summed E-state index contributed by atoms with van der Waals surface area (Å²) >= 11 is 0. The molecule has 0 bridgehead atoms. The topological polar surface area (TPSA) is 110 Å². The van der Waals surface area contributed by atoms with Gasteiger partial charge in [0.05, 0.1) is 12.5 Å². The number of fused-ring (bicyclic) bond motifs is 1. The molecule has 1 aromatic heterocycles. The van der Waals surface area contributed by atoms with Crippen LogP contribution >= 0.6 is 37.2 Å². The number of hydrogen-bond acceptors (Lipinski definition) is 7. The Morgan fingerprint density at radius 1 is 0.941 bits per heavy atom. The molecule has 2 aromatic carbocycles. The molecule has 3 aromatic rings. The van der Waals surface area contributed by atoms with Crippen molar-refractivity contribution in [2.45, 2.75) is 25.8 Å². The number of phenols is 1. The molecule has 3 rings (SSSR count). The van der Waals surface area contributed by atoms with Gasteiger partial charge in [-0.1, -0.05) is 24.3 Å². The minimum absolute atomic E-state index is 0. The summed E-state index contributed by atoms with van der Waals surface area (Å²) in [5.74, 6) is 0.523. The number of phenolic OH excluding ortho intramolecular Hbond substituents is 1. The standard InChI is InChI=1S/C24H31N3O4.3ClH/c1-30-24-20(28)10-9-19-21(29)15-22(31-23(19)24)18-7-5-17(6-8-18)16-27-14-4-13-26-12-3-2-11-25;;;/h5-10,15,26-28H,2-4,11-14,16,25H2,1H3;3*1H. The maximum atomic E-state index is 12.5. The number of ether oxygens (including phenoxy) is 1. The summed E-state index contributed by atoms with van der Waals surface area (Å²) in [5.41, 5.74) is 7.48. The molecule has 0 radical (unpaired) electrons. The predicted molar refractivity (Wildman–Crippen MR) is 145 cm³/mol. The normalized spacial score (nSPS) is 10.2. The second-order valence-corrected chi connectivity index (χ2v) is 7.44. The first-order chi connectivity index (χ1) is 15.1. The third-order valence-electron chi connectivity index (χ3n) is 5.12. The molecular formula is C24H34Cl3N3O4. The Bertz CT molecular complexity index is 1050. The molecule has 7 nitrogen and oxygen atoms in total. The van der Waals surface area contributed by atoms with E-state index in [0.717, 1.165) is 63.1 Å². The molecule has 0 saturated carbocycles. The van der Waals surface area contributed by atoms with Gasteiger partial charge < -0.3 is 30.6 Å². The molecule has 5 N–H and O–H groups in total. The van der Waals surface area contributed by atoms with Crippen LogP contribution in [0.25, 0.3) is 22.3 Å². The molecule has 0 aliphatic rings. The van der Waals surface area contributed by atoms with Crippen LogP contribution < -0.4 is 26.5 Å². The van der Waals surface area contributed by atoms with Crippen LogP contribution in [-0.2, 0) is 6.54 Å². The zero-order valence-electron chi connectivity index (χ0n) is 19.2. The summed E-state index contributed by atoms with van der Waals surface area (Å²) in [5, 5.41) is 17.2. The van der Waals surface area contributed by atoms with Crippen LogP contribution in [0, 0.1) is 0 Å². The van der Waals surface area contributed by atoms with Crippen LogP contribution in [0.5, 0.6) is 11.5 Å². The lowest BCUT2D eigenvalue weighted by molar-refractivity contribution is 0.371. The van der Waals surface area contributed by atoms with Gasteiger partial charge in [0, 0.05) is 18.2 Å². The van der Waals surface area contributed by atoms with Crippen molar-refractivity contribution in [3.05, 3.63) is 58.3 Å². The lowest BCUT2D eigenvalue weighted by Crippen LogP contribution is -2.22. The summed E-state index contributed by atoms with van der Waals surface area (Å²) in [6, 6.07) is 12.3. The van der Waals surface area contributed by atoms with Crippen LogP contribution in [0.1, 0.15) is 24.8 Å². The average Bonchev–Trinajstić information content (AvgIpc) is 2.78. The van der Waals surface area contributed by atoms with Crippen molar-refractivity contribution >= 4 is 48.2 Å². The summed E-state index contributed by atoms with van der Waals surface area (Å²) in [4.78, 5) is 12.5. The monoisotopic (exact) mass is 533 g/mol.